The highest BCUT2D eigenvalue weighted by atomic mass is 19.1. The van der Waals surface area contributed by atoms with Crippen LogP contribution in [0, 0.1) is 5.82 Å². The van der Waals surface area contributed by atoms with Crippen LogP contribution in [0.3, 0.4) is 0 Å². The normalized spacial score (nSPS) is 17.9. The zero-order chi connectivity index (χ0) is 18.4. The Morgan fingerprint density at radius 2 is 2.11 bits per heavy atom. The van der Waals surface area contributed by atoms with E-state index in [2.05, 4.69) is 19.9 Å². The van der Waals surface area contributed by atoms with Gasteiger partial charge in [-0.25, -0.2) is 14.4 Å². The molecule has 136 valence electrons. The maximum atomic E-state index is 13.5. The second-order valence-corrected chi connectivity index (χ2v) is 6.93. The van der Waals surface area contributed by atoms with E-state index in [1.165, 1.54) is 12.1 Å². The Hall–Kier alpha value is -3.06. The Labute approximate surface area is 154 Å². The number of hydrogen-bond acceptors (Lipinski definition) is 4. The number of nitrogens with one attached hydrogen (secondary N) is 1. The molecule has 0 radical (unpaired) electrons. The lowest BCUT2D eigenvalue weighted by Crippen LogP contribution is -2.26. The number of H-pyrrole nitrogens is 1. The van der Waals surface area contributed by atoms with Gasteiger partial charge in [-0.1, -0.05) is 6.07 Å². The van der Waals surface area contributed by atoms with E-state index >= 15 is 0 Å². The molecule has 1 aliphatic heterocycles. The Morgan fingerprint density at radius 1 is 1.19 bits per heavy atom. The average Bonchev–Trinajstić information content (AvgIpc) is 3.27. The summed E-state index contributed by atoms with van der Waals surface area (Å²) in [6.07, 6.45) is 3.73. The third kappa shape index (κ3) is 2.90. The SMILES string of the molecule is O=c1cc(CN2CCCC2c2nc3ccc(F)cc3[nH]2)nc2ccccn12. The number of aromatic amines is 1. The molecule has 1 N–H and O–H groups in total. The summed E-state index contributed by atoms with van der Waals surface area (Å²) in [5.74, 6) is 0.562. The maximum absolute atomic E-state index is 13.5. The van der Waals surface area contributed by atoms with Gasteiger partial charge in [0.15, 0.2) is 0 Å². The van der Waals surface area contributed by atoms with Crippen LogP contribution < -0.4 is 5.56 Å². The van der Waals surface area contributed by atoms with Crippen molar-refractivity contribution in [3.05, 3.63) is 76.4 Å². The summed E-state index contributed by atoms with van der Waals surface area (Å²) >= 11 is 0. The maximum Gasteiger partial charge on any atom is 0.258 e. The Morgan fingerprint density at radius 3 is 3.04 bits per heavy atom. The molecule has 27 heavy (non-hydrogen) atoms. The summed E-state index contributed by atoms with van der Waals surface area (Å²) in [7, 11) is 0. The second kappa shape index (κ2) is 6.28. The number of likely N-dealkylation sites (tertiary alicyclic amines) is 1. The lowest BCUT2D eigenvalue weighted by Gasteiger charge is -2.22. The van der Waals surface area contributed by atoms with E-state index in [1.807, 2.05) is 18.2 Å². The van der Waals surface area contributed by atoms with Crippen LogP contribution in [0.15, 0.2) is 53.5 Å². The molecule has 4 aromatic rings. The van der Waals surface area contributed by atoms with Crippen LogP contribution >= 0.6 is 0 Å². The van der Waals surface area contributed by atoms with Crippen LogP contribution in [0.2, 0.25) is 0 Å². The number of nitrogens with zero attached hydrogens (tertiary/aromatic N) is 4. The quantitative estimate of drug-likeness (QED) is 0.608. The molecular formula is C20H18FN5O. The smallest absolute Gasteiger partial charge is 0.258 e. The number of benzene rings is 1. The van der Waals surface area contributed by atoms with Crippen LogP contribution in [-0.2, 0) is 6.54 Å². The fraction of sp³-hybridized carbons (Fsp3) is 0.250. The number of halogens is 1. The van der Waals surface area contributed by atoms with Crippen LogP contribution in [-0.4, -0.2) is 30.8 Å². The number of hydrogen-bond donors (Lipinski definition) is 1. The third-order valence-corrected chi connectivity index (χ3v) is 5.13. The molecule has 5 rings (SSSR count). The average molecular weight is 363 g/mol. The number of pyridine rings is 1. The van der Waals surface area contributed by atoms with E-state index in [0.29, 0.717) is 17.7 Å². The molecular weight excluding hydrogens is 345 g/mol. The van der Waals surface area contributed by atoms with Gasteiger partial charge in [-0.2, -0.15) is 0 Å². The molecule has 0 bridgehead atoms. The van der Waals surface area contributed by atoms with Crippen molar-refractivity contribution >= 4 is 16.7 Å². The largest absolute Gasteiger partial charge is 0.341 e. The van der Waals surface area contributed by atoms with E-state index in [-0.39, 0.29) is 17.4 Å². The van der Waals surface area contributed by atoms with Crippen molar-refractivity contribution < 1.29 is 4.39 Å². The zero-order valence-electron chi connectivity index (χ0n) is 14.6. The number of fused-ring (bicyclic) bond motifs is 2. The molecule has 1 aliphatic rings. The highest BCUT2D eigenvalue weighted by Crippen LogP contribution is 2.32. The predicted molar refractivity (Wildman–Crippen MR) is 99.9 cm³/mol. The van der Waals surface area contributed by atoms with E-state index in [4.69, 9.17) is 0 Å². The third-order valence-electron chi connectivity index (χ3n) is 5.13. The minimum absolute atomic E-state index is 0.0782. The molecule has 1 aromatic carbocycles. The first kappa shape index (κ1) is 16.1. The second-order valence-electron chi connectivity index (χ2n) is 6.93. The van der Waals surface area contributed by atoms with Gasteiger partial charge in [-0.15, -0.1) is 0 Å². The minimum atomic E-state index is -0.276. The molecule has 1 saturated heterocycles. The molecule has 3 aromatic heterocycles. The number of rotatable bonds is 3. The number of aromatic nitrogens is 4. The molecule has 6 nitrogen and oxygen atoms in total. The van der Waals surface area contributed by atoms with E-state index in [0.717, 1.165) is 36.4 Å². The summed E-state index contributed by atoms with van der Waals surface area (Å²) < 4.78 is 15.0. The lowest BCUT2D eigenvalue weighted by atomic mass is 10.2. The van der Waals surface area contributed by atoms with Crippen LogP contribution in [0.1, 0.15) is 30.4 Å². The van der Waals surface area contributed by atoms with Crippen molar-refractivity contribution in [3.8, 4) is 0 Å². The van der Waals surface area contributed by atoms with Crippen molar-refractivity contribution in [3.63, 3.8) is 0 Å². The van der Waals surface area contributed by atoms with Crippen molar-refractivity contribution in [1.29, 1.82) is 0 Å². The highest BCUT2D eigenvalue weighted by Gasteiger charge is 2.29. The number of imidazole rings is 1. The minimum Gasteiger partial charge on any atom is -0.341 e. The fourth-order valence-corrected chi connectivity index (χ4v) is 3.88. The van der Waals surface area contributed by atoms with Gasteiger partial charge < -0.3 is 4.98 Å². The van der Waals surface area contributed by atoms with Gasteiger partial charge in [-0.05, 0) is 49.7 Å². The van der Waals surface area contributed by atoms with Gasteiger partial charge in [0.05, 0.1) is 22.8 Å². The van der Waals surface area contributed by atoms with E-state index < -0.39 is 0 Å². The monoisotopic (exact) mass is 363 g/mol. The molecule has 0 amide bonds. The van der Waals surface area contributed by atoms with Gasteiger partial charge >= 0.3 is 0 Å². The summed E-state index contributed by atoms with van der Waals surface area (Å²) in [5.41, 5.74) is 2.79. The van der Waals surface area contributed by atoms with Crippen LogP contribution in [0.5, 0.6) is 0 Å². The van der Waals surface area contributed by atoms with Gasteiger partial charge in [0.25, 0.3) is 5.56 Å². The first-order valence-corrected chi connectivity index (χ1v) is 9.04. The Balaban J connectivity index is 1.46. The summed E-state index contributed by atoms with van der Waals surface area (Å²) in [6, 6.07) is 11.8. The fourth-order valence-electron chi connectivity index (χ4n) is 3.88. The van der Waals surface area contributed by atoms with E-state index in [1.54, 1.807) is 22.7 Å². The molecule has 1 fully saturated rings. The van der Waals surface area contributed by atoms with E-state index in [9.17, 15) is 9.18 Å². The summed E-state index contributed by atoms with van der Waals surface area (Å²) in [5, 5.41) is 0. The Kier molecular flexibility index (Phi) is 3.75. The van der Waals surface area contributed by atoms with Crippen LogP contribution in [0.4, 0.5) is 4.39 Å². The van der Waals surface area contributed by atoms with Gasteiger partial charge in [0, 0.05) is 18.8 Å². The van der Waals surface area contributed by atoms with Crippen LogP contribution in [0.25, 0.3) is 16.7 Å². The predicted octanol–water partition coefficient (Wildman–Crippen LogP) is 3.05. The molecule has 0 aliphatic carbocycles. The Bertz CT molecular complexity index is 1200. The first-order valence-electron chi connectivity index (χ1n) is 9.04. The van der Waals surface area contributed by atoms with Gasteiger partial charge in [-0.3, -0.25) is 14.1 Å². The summed E-state index contributed by atoms with van der Waals surface area (Å²) in [6.45, 7) is 1.49. The van der Waals surface area contributed by atoms with Gasteiger partial charge in [0.1, 0.15) is 17.3 Å². The zero-order valence-corrected chi connectivity index (χ0v) is 14.6. The van der Waals surface area contributed by atoms with Crippen molar-refractivity contribution in [2.75, 3.05) is 6.54 Å². The molecule has 1 unspecified atom stereocenters. The van der Waals surface area contributed by atoms with Crippen molar-refractivity contribution in [2.24, 2.45) is 0 Å². The summed E-state index contributed by atoms with van der Waals surface area (Å²) in [4.78, 5) is 27.1. The highest BCUT2D eigenvalue weighted by molar-refractivity contribution is 5.75. The molecule has 0 spiro atoms. The molecule has 7 heteroatoms. The molecule has 4 heterocycles. The van der Waals surface area contributed by atoms with Crippen molar-refractivity contribution in [2.45, 2.75) is 25.4 Å². The molecule has 0 saturated carbocycles. The standard InChI is InChI=1S/C20H18FN5O/c21-13-6-7-15-16(10-13)24-20(23-15)17-4-3-8-25(17)12-14-11-19(27)26-9-2-1-5-18(26)22-14/h1-2,5-7,9-11,17H,3-4,8,12H2,(H,23,24). The van der Waals surface area contributed by atoms with Gasteiger partial charge in [0.2, 0.25) is 0 Å². The first-order chi connectivity index (χ1) is 13.2. The van der Waals surface area contributed by atoms with Crippen molar-refractivity contribution in [1.82, 2.24) is 24.3 Å². The topological polar surface area (TPSA) is 66.3 Å². The lowest BCUT2D eigenvalue weighted by molar-refractivity contribution is 0.238. The molecule has 1 atom stereocenters.